The van der Waals surface area contributed by atoms with Crippen LogP contribution in [0.4, 0.5) is 11.4 Å². The van der Waals surface area contributed by atoms with Crippen LogP contribution >= 0.6 is 0 Å². The maximum atomic E-state index is 13.6. The van der Waals surface area contributed by atoms with Gasteiger partial charge in [0.15, 0.2) is 0 Å². The molecule has 33 heavy (non-hydrogen) atoms. The number of anilines is 2. The highest BCUT2D eigenvalue weighted by Crippen LogP contribution is 2.33. The Balaban J connectivity index is 1.70. The number of aromatic nitrogens is 4. The van der Waals surface area contributed by atoms with E-state index in [1.807, 2.05) is 48.7 Å². The van der Waals surface area contributed by atoms with Crippen LogP contribution in [0.15, 0.2) is 81.2 Å². The Morgan fingerprint density at radius 3 is 2.52 bits per heavy atom. The van der Waals surface area contributed by atoms with Gasteiger partial charge in [0.05, 0.1) is 11.4 Å². The van der Waals surface area contributed by atoms with Crippen LogP contribution in [0.3, 0.4) is 0 Å². The largest absolute Gasteiger partial charge is 0.361 e. The molecule has 0 aliphatic heterocycles. The van der Waals surface area contributed by atoms with E-state index in [4.69, 9.17) is 0 Å². The first-order valence-corrected chi connectivity index (χ1v) is 10.8. The molecule has 0 radical (unpaired) electrons. The lowest BCUT2D eigenvalue weighted by molar-refractivity contribution is 0.637. The van der Waals surface area contributed by atoms with Gasteiger partial charge in [0.2, 0.25) is 0 Å². The van der Waals surface area contributed by atoms with Crippen LogP contribution in [0.2, 0.25) is 0 Å². The lowest BCUT2D eigenvalue weighted by Gasteiger charge is -2.18. The molecular formula is C25H21N5O3. The van der Waals surface area contributed by atoms with Crippen LogP contribution in [-0.2, 0) is 7.05 Å². The fraction of sp³-hybridized carbons (Fsp3) is 0.160. The third-order valence-corrected chi connectivity index (χ3v) is 6.21. The van der Waals surface area contributed by atoms with Crippen LogP contribution in [0.1, 0.15) is 18.9 Å². The highest BCUT2D eigenvalue weighted by atomic mass is 16.2. The molecule has 2 N–H and O–H groups in total. The maximum Gasteiger partial charge on any atom is 0.337 e. The predicted molar refractivity (Wildman–Crippen MR) is 129 cm³/mol. The molecule has 0 saturated heterocycles. The second kappa shape index (κ2) is 7.09. The van der Waals surface area contributed by atoms with E-state index in [-0.39, 0.29) is 22.8 Å². The summed E-state index contributed by atoms with van der Waals surface area (Å²) in [6.07, 6.45) is 3.43. The summed E-state index contributed by atoms with van der Waals surface area (Å²) in [6.45, 7) is 0. The summed E-state index contributed by atoms with van der Waals surface area (Å²) in [5, 5.41) is 4.58. The Hall–Kier alpha value is -4.33. The van der Waals surface area contributed by atoms with Crippen molar-refractivity contribution >= 4 is 33.3 Å². The van der Waals surface area contributed by atoms with Crippen LogP contribution in [0, 0.1) is 0 Å². The minimum Gasteiger partial charge on any atom is -0.361 e. The smallest absolute Gasteiger partial charge is 0.337 e. The van der Waals surface area contributed by atoms with E-state index >= 15 is 0 Å². The second-order valence-corrected chi connectivity index (χ2v) is 8.42. The van der Waals surface area contributed by atoms with Crippen molar-refractivity contribution in [2.45, 2.75) is 18.9 Å². The molecule has 1 fully saturated rings. The molecule has 164 valence electrons. The van der Waals surface area contributed by atoms with Gasteiger partial charge in [-0.15, -0.1) is 0 Å². The first-order valence-electron chi connectivity index (χ1n) is 10.8. The van der Waals surface area contributed by atoms with Crippen molar-refractivity contribution in [3.8, 4) is 5.69 Å². The van der Waals surface area contributed by atoms with Gasteiger partial charge in [-0.25, -0.2) is 9.36 Å². The number of hydrogen-bond acceptors (Lipinski definition) is 4. The molecule has 0 atom stereocenters. The third-order valence-electron chi connectivity index (χ3n) is 6.21. The molecule has 1 aliphatic carbocycles. The quantitative estimate of drug-likeness (QED) is 0.449. The Morgan fingerprint density at radius 2 is 1.76 bits per heavy atom. The fourth-order valence-corrected chi connectivity index (χ4v) is 4.41. The summed E-state index contributed by atoms with van der Waals surface area (Å²) in [5.74, 6) is 0. The number of H-pyrrole nitrogens is 1. The van der Waals surface area contributed by atoms with Crippen LogP contribution in [-0.4, -0.2) is 18.7 Å². The van der Waals surface area contributed by atoms with Crippen molar-refractivity contribution in [1.82, 2.24) is 18.7 Å². The predicted octanol–water partition coefficient (Wildman–Crippen LogP) is 3.41. The Labute approximate surface area is 187 Å². The number of pyridine rings is 1. The van der Waals surface area contributed by atoms with E-state index in [0.717, 1.165) is 29.4 Å². The van der Waals surface area contributed by atoms with Crippen molar-refractivity contribution < 1.29 is 0 Å². The zero-order valence-electron chi connectivity index (χ0n) is 17.9. The molecule has 0 unspecified atom stereocenters. The van der Waals surface area contributed by atoms with Crippen molar-refractivity contribution in [2.75, 3.05) is 5.32 Å². The van der Waals surface area contributed by atoms with E-state index in [1.54, 1.807) is 19.2 Å². The van der Waals surface area contributed by atoms with Crippen molar-refractivity contribution in [2.24, 2.45) is 7.05 Å². The minimum absolute atomic E-state index is 0.120. The molecule has 0 amide bonds. The van der Waals surface area contributed by atoms with E-state index < -0.39 is 5.69 Å². The first-order chi connectivity index (χ1) is 16.0. The topological polar surface area (TPSA) is 93.8 Å². The van der Waals surface area contributed by atoms with Gasteiger partial charge in [0.25, 0.3) is 11.1 Å². The van der Waals surface area contributed by atoms with Gasteiger partial charge in [-0.05, 0) is 49.2 Å². The number of nitrogens with zero attached hydrogens (tertiary/aromatic N) is 3. The summed E-state index contributed by atoms with van der Waals surface area (Å²) >= 11 is 0. The zero-order valence-corrected chi connectivity index (χ0v) is 17.9. The normalized spacial score (nSPS) is 13.6. The second-order valence-electron chi connectivity index (χ2n) is 8.42. The molecule has 1 saturated carbocycles. The number of nitrogens with one attached hydrogen (secondary N) is 2. The number of rotatable bonds is 4. The molecule has 6 rings (SSSR count). The van der Waals surface area contributed by atoms with Crippen LogP contribution < -0.4 is 22.1 Å². The summed E-state index contributed by atoms with van der Waals surface area (Å²) in [7, 11) is 1.58. The molecule has 0 spiro atoms. The van der Waals surface area contributed by atoms with Crippen LogP contribution in [0.25, 0.3) is 27.6 Å². The molecule has 0 bridgehead atoms. The first kappa shape index (κ1) is 19.4. The standard InChI is InChI=1S/C25H21N5O3/c1-28-21(31)14-20(27-16-7-10-19-15(13-16)11-12-26-19)22-23(28)29(17-5-3-2-4-6-17)25(33)30(24(22)32)18-8-9-18/h2-7,10-14,18,26-27H,8-9H2,1H3. The molecule has 5 aromatic rings. The number of aromatic amines is 1. The Kier molecular flexibility index (Phi) is 4.16. The van der Waals surface area contributed by atoms with Crippen molar-refractivity contribution in [1.29, 1.82) is 0 Å². The fourth-order valence-electron chi connectivity index (χ4n) is 4.41. The van der Waals surface area contributed by atoms with E-state index in [2.05, 4.69) is 10.3 Å². The lowest BCUT2D eigenvalue weighted by Crippen LogP contribution is -2.41. The number of benzene rings is 2. The summed E-state index contributed by atoms with van der Waals surface area (Å²) in [5.41, 5.74) is 1.85. The van der Waals surface area contributed by atoms with Gasteiger partial charge in [-0.2, -0.15) is 0 Å². The SMILES string of the molecule is Cn1c(=O)cc(Nc2ccc3[nH]ccc3c2)c2c(=O)n(C3CC3)c(=O)n(-c3ccccc3)c21. The molecule has 3 heterocycles. The Bertz CT molecular complexity index is 1720. The highest BCUT2D eigenvalue weighted by molar-refractivity contribution is 5.93. The van der Waals surface area contributed by atoms with Crippen LogP contribution in [0.5, 0.6) is 0 Å². The summed E-state index contributed by atoms with van der Waals surface area (Å²) in [4.78, 5) is 43.3. The lowest BCUT2D eigenvalue weighted by atomic mass is 10.2. The zero-order chi connectivity index (χ0) is 22.7. The molecular weight excluding hydrogens is 418 g/mol. The molecule has 1 aliphatic rings. The van der Waals surface area contributed by atoms with Gasteiger partial charge in [-0.1, -0.05) is 18.2 Å². The van der Waals surface area contributed by atoms with Gasteiger partial charge in [0.1, 0.15) is 11.0 Å². The molecule has 8 heteroatoms. The highest BCUT2D eigenvalue weighted by Gasteiger charge is 2.30. The molecule has 3 aromatic heterocycles. The molecule has 8 nitrogen and oxygen atoms in total. The third kappa shape index (κ3) is 3.02. The van der Waals surface area contributed by atoms with Gasteiger partial charge >= 0.3 is 5.69 Å². The summed E-state index contributed by atoms with van der Waals surface area (Å²) < 4.78 is 4.17. The Morgan fingerprint density at radius 1 is 0.970 bits per heavy atom. The van der Waals surface area contributed by atoms with Crippen molar-refractivity contribution in [3.05, 3.63) is 98.1 Å². The van der Waals surface area contributed by atoms with Gasteiger partial charge in [-0.3, -0.25) is 18.7 Å². The number of para-hydroxylation sites is 1. The summed E-state index contributed by atoms with van der Waals surface area (Å²) in [6, 6.07) is 18.1. The molecule has 2 aromatic carbocycles. The average molecular weight is 439 g/mol. The number of fused-ring (bicyclic) bond motifs is 2. The minimum atomic E-state index is -0.429. The maximum absolute atomic E-state index is 13.6. The van der Waals surface area contributed by atoms with Crippen molar-refractivity contribution in [3.63, 3.8) is 0 Å². The number of aryl methyl sites for hydroxylation is 1. The van der Waals surface area contributed by atoms with E-state index in [1.165, 1.54) is 19.8 Å². The monoisotopic (exact) mass is 439 g/mol. The average Bonchev–Trinajstić information content (AvgIpc) is 3.53. The number of hydrogen-bond donors (Lipinski definition) is 2. The van der Waals surface area contributed by atoms with E-state index in [0.29, 0.717) is 16.8 Å². The van der Waals surface area contributed by atoms with E-state index in [9.17, 15) is 14.4 Å². The van der Waals surface area contributed by atoms with Gasteiger partial charge in [0, 0.05) is 41.9 Å². The van der Waals surface area contributed by atoms with Gasteiger partial charge < -0.3 is 10.3 Å².